The van der Waals surface area contributed by atoms with Crippen LogP contribution in [0.4, 0.5) is 32.0 Å². The maximum atomic E-state index is 12.9. The van der Waals surface area contributed by atoms with Crippen LogP contribution in [0.5, 0.6) is 0 Å². The average Bonchev–Trinajstić information content (AvgIpc) is 2.52. The van der Waals surface area contributed by atoms with E-state index < -0.39 is 44.8 Å². The van der Waals surface area contributed by atoms with Crippen molar-refractivity contribution < 1.29 is 39.6 Å². The third-order valence-corrected chi connectivity index (χ3v) is 4.54. The molecule has 0 fully saturated rings. The number of para-hydroxylation sites is 1. The van der Waals surface area contributed by atoms with Crippen LogP contribution < -0.4 is 5.32 Å². The molecule has 0 aliphatic carbocycles. The van der Waals surface area contributed by atoms with Gasteiger partial charge in [-0.3, -0.25) is 4.79 Å². The van der Waals surface area contributed by atoms with Gasteiger partial charge in [-0.25, -0.2) is 8.42 Å². The quantitative estimate of drug-likeness (QED) is 0.763. The zero-order valence-electron chi connectivity index (χ0n) is 13.4. The van der Waals surface area contributed by atoms with Crippen LogP contribution >= 0.6 is 0 Å². The molecule has 0 saturated heterocycles. The summed E-state index contributed by atoms with van der Waals surface area (Å²) in [7, 11) is -3.80. The number of hydrogen-bond acceptors (Lipinski definition) is 3. The van der Waals surface area contributed by atoms with Gasteiger partial charge in [-0.15, -0.1) is 0 Å². The maximum absolute atomic E-state index is 12.9. The van der Waals surface area contributed by atoms with E-state index in [1.165, 1.54) is 12.1 Å². The van der Waals surface area contributed by atoms with Crippen molar-refractivity contribution in [2.75, 3.05) is 11.6 Å². The fourth-order valence-electron chi connectivity index (χ4n) is 2.17. The van der Waals surface area contributed by atoms with Crippen LogP contribution in [0.2, 0.25) is 0 Å². The average molecular weight is 411 g/mol. The molecule has 0 bridgehead atoms. The van der Waals surface area contributed by atoms with Gasteiger partial charge in [0, 0.05) is 11.8 Å². The topological polar surface area (TPSA) is 63.2 Å². The van der Waals surface area contributed by atoms with Gasteiger partial charge in [0.25, 0.3) is 5.91 Å². The first kappa shape index (κ1) is 20.7. The van der Waals surface area contributed by atoms with Crippen molar-refractivity contribution in [3.05, 3.63) is 59.2 Å². The summed E-state index contributed by atoms with van der Waals surface area (Å²) in [5.74, 6) is -1.32. The second-order valence-corrected chi connectivity index (χ2v) is 7.50. The number of anilines is 1. The fraction of sp³-hybridized carbons (Fsp3) is 0.188. The molecule has 0 radical (unpaired) electrons. The third kappa shape index (κ3) is 5.00. The Balaban J connectivity index is 2.52. The largest absolute Gasteiger partial charge is 0.416 e. The molecular formula is C16H11F6NO3S. The van der Waals surface area contributed by atoms with E-state index in [1.54, 1.807) is 0 Å². The molecule has 146 valence electrons. The second-order valence-electron chi connectivity index (χ2n) is 5.52. The Morgan fingerprint density at radius 2 is 1.37 bits per heavy atom. The van der Waals surface area contributed by atoms with E-state index in [0.717, 1.165) is 18.4 Å². The minimum absolute atomic E-state index is 0.110. The Bertz CT molecular complexity index is 948. The highest BCUT2D eigenvalue weighted by molar-refractivity contribution is 7.90. The van der Waals surface area contributed by atoms with Gasteiger partial charge in [-0.1, -0.05) is 12.1 Å². The number of sulfone groups is 1. The molecule has 1 N–H and O–H groups in total. The van der Waals surface area contributed by atoms with Gasteiger partial charge in [0.05, 0.1) is 21.7 Å². The molecule has 0 unspecified atom stereocenters. The molecule has 0 aromatic heterocycles. The first-order chi connectivity index (χ1) is 12.2. The first-order valence-electron chi connectivity index (χ1n) is 7.09. The number of hydrogen-bond donors (Lipinski definition) is 1. The molecular weight excluding hydrogens is 400 g/mol. The van der Waals surface area contributed by atoms with E-state index >= 15 is 0 Å². The van der Waals surface area contributed by atoms with Crippen molar-refractivity contribution in [3.63, 3.8) is 0 Å². The molecule has 0 spiro atoms. The van der Waals surface area contributed by atoms with E-state index in [4.69, 9.17) is 0 Å². The van der Waals surface area contributed by atoms with Crippen LogP contribution in [-0.2, 0) is 22.2 Å². The Kier molecular flexibility index (Phi) is 5.28. The lowest BCUT2D eigenvalue weighted by atomic mass is 10.0. The monoisotopic (exact) mass is 411 g/mol. The van der Waals surface area contributed by atoms with Crippen LogP contribution in [0.15, 0.2) is 47.4 Å². The minimum Gasteiger partial charge on any atom is -0.321 e. The van der Waals surface area contributed by atoms with Crippen LogP contribution in [0.25, 0.3) is 0 Å². The van der Waals surface area contributed by atoms with Crippen LogP contribution in [-0.4, -0.2) is 20.6 Å². The number of alkyl halides is 6. The molecule has 0 aliphatic rings. The fourth-order valence-corrected chi connectivity index (χ4v) is 3.02. The lowest BCUT2D eigenvalue weighted by molar-refractivity contribution is -0.143. The number of nitrogens with one attached hydrogen (secondary N) is 1. The number of rotatable bonds is 3. The van der Waals surface area contributed by atoms with E-state index in [1.807, 2.05) is 5.32 Å². The zero-order valence-corrected chi connectivity index (χ0v) is 14.3. The Morgan fingerprint density at radius 1 is 0.889 bits per heavy atom. The summed E-state index contributed by atoms with van der Waals surface area (Å²) in [5.41, 5.74) is -4.49. The number of amides is 1. The Labute approximate surface area is 149 Å². The van der Waals surface area contributed by atoms with E-state index in [2.05, 4.69) is 0 Å². The summed E-state index contributed by atoms with van der Waals surface area (Å²) >= 11 is 0. The molecule has 11 heteroatoms. The molecule has 2 aromatic rings. The lowest BCUT2D eigenvalue weighted by Crippen LogP contribution is -2.18. The van der Waals surface area contributed by atoms with E-state index in [9.17, 15) is 39.6 Å². The standard InChI is InChI=1S/C16H11F6NO3S/c1-27(25,26)13-5-3-2-4-12(13)23-14(24)9-6-10(15(17,18)19)8-11(7-9)16(20,21)22/h2-8H,1H3,(H,23,24). The summed E-state index contributed by atoms with van der Waals surface area (Å²) < 4.78 is 101. The summed E-state index contributed by atoms with van der Waals surface area (Å²) in [6.45, 7) is 0. The van der Waals surface area contributed by atoms with Crippen molar-refractivity contribution >= 4 is 21.4 Å². The summed E-state index contributed by atoms with van der Waals surface area (Å²) in [6, 6.07) is 5.39. The van der Waals surface area contributed by atoms with Gasteiger partial charge in [0.1, 0.15) is 0 Å². The predicted molar refractivity (Wildman–Crippen MR) is 84.0 cm³/mol. The summed E-state index contributed by atoms with van der Waals surface area (Å²) in [5, 5.41) is 2.04. The molecule has 0 atom stereocenters. The van der Waals surface area contributed by atoms with Crippen LogP contribution in [0.3, 0.4) is 0 Å². The minimum atomic E-state index is -5.11. The Hall–Kier alpha value is -2.56. The predicted octanol–water partition coefficient (Wildman–Crippen LogP) is 4.38. The first-order valence-corrected chi connectivity index (χ1v) is 8.98. The molecule has 2 rings (SSSR count). The molecule has 2 aromatic carbocycles. The SMILES string of the molecule is CS(=O)(=O)c1ccccc1NC(=O)c1cc(C(F)(F)F)cc(C(F)(F)F)c1. The molecule has 0 aliphatic heterocycles. The van der Waals surface area contributed by atoms with E-state index in [-0.39, 0.29) is 28.8 Å². The van der Waals surface area contributed by atoms with Gasteiger partial charge in [0.2, 0.25) is 0 Å². The van der Waals surface area contributed by atoms with Crippen molar-refractivity contribution in [3.8, 4) is 0 Å². The number of benzene rings is 2. The highest BCUT2D eigenvalue weighted by atomic mass is 32.2. The van der Waals surface area contributed by atoms with Crippen molar-refractivity contribution in [1.29, 1.82) is 0 Å². The summed E-state index contributed by atoms with van der Waals surface area (Å²) in [4.78, 5) is 11.9. The van der Waals surface area contributed by atoms with Gasteiger partial charge in [0.15, 0.2) is 9.84 Å². The number of halogens is 6. The molecule has 4 nitrogen and oxygen atoms in total. The van der Waals surface area contributed by atoms with Gasteiger partial charge in [-0.05, 0) is 30.3 Å². The van der Waals surface area contributed by atoms with Gasteiger partial charge in [-0.2, -0.15) is 26.3 Å². The second kappa shape index (κ2) is 6.87. The smallest absolute Gasteiger partial charge is 0.321 e. The lowest BCUT2D eigenvalue weighted by Gasteiger charge is -2.15. The van der Waals surface area contributed by atoms with Gasteiger partial charge >= 0.3 is 12.4 Å². The van der Waals surface area contributed by atoms with Crippen molar-refractivity contribution in [2.24, 2.45) is 0 Å². The Morgan fingerprint density at radius 3 is 1.81 bits per heavy atom. The van der Waals surface area contributed by atoms with E-state index in [0.29, 0.717) is 0 Å². The molecule has 0 heterocycles. The zero-order chi connectivity index (χ0) is 20.6. The summed E-state index contributed by atoms with van der Waals surface area (Å²) in [6.07, 6.45) is -9.38. The maximum Gasteiger partial charge on any atom is 0.416 e. The molecule has 0 saturated carbocycles. The number of carbonyl (C=O) groups excluding carboxylic acids is 1. The number of carbonyl (C=O) groups is 1. The van der Waals surface area contributed by atoms with Gasteiger partial charge < -0.3 is 5.32 Å². The normalized spacial score (nSPS) is 12.7. The van der Waals surface area contributed by atoms with Crippen molar-refractivity contribution in [2.45, 2.75) is 17.2 Å². The van der Waals surface area contributed by atoms with Crippen LogP contribution in [0, 0.1) is 0 Å². The van der Waals surface area contributed by atoms with Crippen LogP contribution in [0.1, 0.15) is 21.5 Å². The highest BCUT2D eigenvalue weighted by Gasteiger charge is 2.37. The third-order valence-electron chi connectivity index (χ3n) is 3.38. The molecule has 27 heavy (non-hydrogen) atoms. The highest BCUT2D eigenvalue weighted by Crippen LogP contribution is 2.36. The van der Waals surface area contributed by atoms with Crippen molar-refractivity contribution in [1.82, 2.24) is 0 Å². The molecule has 1 amide bonds.